The van der Waals surface area contributed by atoms with Gasteiger partial charge in [-0.3, -0.25) is 11.3 Å². The van der Waals surface area contributed by atoms with Crippen LogP contribution in [0.5, 0.6) is 5.75 Å². The molecule has 2 rings (SSSR count). The minimum Gasteiger partial charge on any atom is -0.496 e. The quantitative estimate of drug-likeness (QED) is 0.603. The molecule has 0 aliphatic rings. The van der Waals surface area contributed by atoms with Gasteiger partial charge in [0.1, 0.15) is 5.75 Å². The molecule has 1 heterocycles. The fraction of sp³-hybridized carbons (Fsp3) is 0.286. The Hall–Kier alpha value is -1.78. The van der Waals surface area contributed by atoms with Crippen molar-refractivity contribution >= 4 is 0 Å². The second-order valence-electron chi connectivity index (χ2n) is 4.22. The average molecular weight is 246 g/mol. The first kappa shape index (κ1) is 12.7. The number of nitrogens with one attached hydrogen (secondary N) is 1. The normalized spacial score (nSPS) is 12.3. The molecule has 4 heteroatoms. The number of para-hydroxylation sites is 1. The van der Waals surface area contributed by atoms with Crippen LogP contribution in [-0.4, -0.2) is 13.2 Å². The molecule has 1 aromatic heterocycles. The third-order valence-electron chi connectivity index (χ3n) is 2.96. The van der Waals surface area contributed by atoms with Crippen LogP contribution in [0.15, 0.2) is 47.3 Å². The third-order valence-corrected chi connectivity index (χ3v) is 2.96. The van der Waals surface area contributed by atoms with Gasteiger partial charge in [0, 0.05) is 6.04 Å². The Labute approximate surface area is 107 Å². The van der Waals surface area contributed by atoms with Crippen molar-refractivity contribution in [2.45, 2.75) is 18.9 Å². The van der Waals surface area contributed by atoms with Crippen LogP contribution < -0.4 is 16.0 Å². The first-order valence-corrected chi connectivity index (χ1v) is 5.92. The molecule has 0 amide bonds. The van der Waals surface area contributed by atoms with Crippen molar-refractivity contribution in [3.63, 3.8) is 0 Å². The van der Waals surface area contributed by atoms with Crippen molar-refractivity contribution in [3.05, 3.63) is 54.0 Å². The maximum Gasteiger partial charge on any atom is 0.122 e. The van der Waals surface area contributed by atoms with Crippen molar-refractivity contribution in [2.75, 3.05) is 7.11 Å². The smallest absolute Gasteiger partial charge is 0.122 e. The van der Waals surface area contributed by atoms with Crippen LogP contribution in [0.1, 0.15) is 11.1 Å². The van der Waals surface area contributed by atoms with Crippen LogP contribution in [0.3, 0.4) is 0 Å². The summed E-state index contributed by atoms with van der Waals surface area (Å²) in [5, 5.41) is 0. The fourth-order valence-electron chi connectivity index (χ4n) is 2.02. The molecule has 0 aliphatic heterocycles. The SMILES string of the molecule is COc1ccccc1CC(Cc1ccoc1)NN. The Morgan fingerprint density at radius 3 is 2.78 bits per heavy atom. The predicted octanol–water partition coefficient (Wildman–Crippen LogP) is 1.91. The number of ether oxygens (including phenoxy) is 1. The number of nitrogens with two attached hydrogens (primary N) is 1. The Bertz CT molecular complexity index is 468. The summed E-state index contributed by atoms with van der Waals surface area (Å²) in [6, 6.07) is 10.1. The van der Waals surface area contributed by atoms with Crippen molar-refractivity contribution in [1.29, 1.82) is 0 Å². The molecule has 0 saturated carbocycles. The molecule has 1 unspecified atom stereocenters. The van der Waals surface area contributed by atoms with Crippen molar-refractivity contribution < 1.29 is 9.15 Å². The monoisotopic (exact) mass is 246 g/mol. The van der Waals surface area contributed by atoms with E-state index < -0.39 is 0 Å². The van der Waals surface area contributed by atoms with E-state index in [0.29, 0.717) is 0 Å². The van der Waals surface area contributed by atoms with E-state index >= 15 is 0 Å². The molecular formula is C14H18N2O2. The Morgan fingerprint density at radius 2 is 2.11 bits per heavy atom. The van der Waals surface area contributed by atoms with Crippen LogP contribution in [0.2, 0.25) is 0 Å². The van der Waals surface area contributed by atoms with E-state index in [4.69, 9.17) is 15.0 Å². The molecule has 4 nitrogen and oxygen atoms in total. The highest BCUT2D eigenvalue weighted by Gasteiger charge is 2.12. The van der Waals surface area contributed by atoms with Crippen LogP contribution in [-0.2, 0) is 12.8 Å². The maximum atomic E-state index is 5.61. The van der Waals surface area contributed by atoms with Crippen molar-refractivity contribution in [2.24, 2.45) is 5.84 Å². The van der Waals surface area contributed by atoms with Gasteiger partial charge in [-0.1, -0.05) is 18.2 Å². The summed E-state index contributed by atoms with van der Waals surface area (Å²) in [7, 11) is 1.68. The lowest BCUT2D eigenvalue weighted by atomic mass is 10.0. The molecule has 0 saturated heterocycles. The second kappa shape index (κ2) is 6.23. The zero-order chi connectivity index (χ0) is 12.8. The minimum absolute atomic E-state index is 0.152. The van der Waals surface area contributed by atoms with Crippen molar-refractivity contribution in [3.8, 4) is 5.75 Å². The zero-order valence-electron chi connectivity index (χ0n) is 10.4. The second-order valence-corrected chi connectivity index (χ2v) is 4.22. The van der Waals surface area contributed by atoms with E-state index in [1.54, 1.807) is 19.6 Å². The number of benzene rings is 1. The minimum atomic E-state index is 0.152. The van der Waals surface area contributed by atoms with E-state index in [1.165, 1.54) is 0 Å². The summed E-state index contributed by atoms with van der Waals surface area (Å²) in [5.74, 6) is 6.50. The lowest BCUT2D eigenvalue weighted by Gasteiger charge is -2.16. The van der Waals surface area contributed by atoms with E-state index in [9.17, 15) is 0 Å². The van der Waals surface area contributed by atoms with Gasteiger partial charge >= 0.3 is 0 Å². The standard InChI is InChI=1S/C14H18N2O2/c1-17-14-5-3-2-4-12(14)9-13(16-15)8-11-6-7-18-10-11/h2-7,10,13,16H,8-9,15H2,1H3. The van der Waals surface area contributed by atoms with Gasteiger partial charge in [0.05, 0.1) is 19.6 Å². The van der Waals surface area contributed by atoms with E-state index in [2.05, 4.69) is 11.5 Å². The molecule has 3 N–H and O–H groups in total. The van der Waals surface area contributed by atoms with Gasteiger partial charge in [-0.2, -0.15) is 0 Å². The number of hydrazine groups is 1. The summed E-state index contributed by atoms with van der Waals surface area (Å²) in [5.41, 5.74) is 5.12. The summed E-state index contributed by atoms with van der Waals surface area (Å²) in [6.45, 7) is 0. The lowest BCUT2D eigenvalue weighted by molar-refractivity contribution is 0.404. The van der Waals surface area contributed by atoms with Gasteiger partial charge in [-0.15, -0.1) is 0 Å². The molecule has 1 atom stereocenters. The Balaban J connectivity index is 2.05. The van der Waals surface area contributed by atoms with Crippen LogP contribution in [0.4, 0.5) is 0 Å². The van der Waals surface area contributed by atoms with E-state index in [-0.39, 0.29) is 6.04 Å². The predicted molar refractivity (Wildman–Crippen MR) is 70.2 cm³/mol. The summed E-state index contributed by atoms with van der Waals surface area (Å²) in [6.07, 6.45) is 5.05. The molecule has 0 radical (unpaired) electrons. The van der Waals surface area contributed by atoms with Gasteiger partial charge < -0.3 is 9.15 Å². The zero-order valence-corrected chi connectivity index (χ0v) is 10.4. The fourth-order valence-corrected chi connectivity index (χ4v) is 2.02. The van der Waals surface area contributed by atoms with Crippen molar-refractivity contribution in [1.82, 2.24) is 5.43 Å². The maximum absolute atomic E-state index is 5.61. The lowest BCUT2D eigenvalue weighted by Crippen LogP contribution is -2.38. The topological polar surface area (TPSA) is 60.4 Å². The third kappa shape index (κ3) is 3.12. The van der Waals surface area contributed by atoms with Crippen LogP contribution >= 0.6 is 0 Å². The highest BCUT2D eigenvalue weighted by Crippen LogP contribution is 2.19. The number of furan rings is 1. The van der Waals surface area contributed by atoms with E-state index in [0.717, 1.165) is 29.7 Å². The Morgan fingerprint density at radius 1 is 1.28 bits per heavy atom. The molecule has 0 spiro atoms. The highest BCUT2D eigenvalue weighted by molar-refractivity contribution is 5.34. The number of hydrogen-bond acceptors (Lipinski definition) is 4. The molecule has 0 aliphatic carbocycles. The summed E-state index contributed by atoms with van der Waals surface area (Å²) in [4.78, 5) is 0. The molecule has 96 valence electrons. The summed E-state index contributed by atoms with van der Waals surface area (Å²) >= 11 is 0. The van der Waals surface area contributed by atoms with Gasteiger partial charge in [0.2, 0.25) is 0 Å². The first-order chi connectivity index (χ1) is 8.83. The number of hydrogen-bond donors (Lipinski definition) is 2. The van der Waals surface area contributed by atoms with Crippen LogP contribution in [0, 0.1) is 0 Å². The van der Waals surface area contributed by atoms with E-state index in [1.807, 2.05) is 24.3 Å². The highest BCUT2D eigenvalue weighted by atomic mass is 16.5. The number of rotatable bonds is 6. The Kier molecular flexibility index (Phi) is 4.39. The summed E-state index contributed by atoms with van der Waals surface area (Å²) < 4.78 is 10.4. The average Bonchev–Trinajstić information content (AvgIpc) is 2.91. The number of methoxy groups -OCH3 is 1. The molecule has 2 aromatic rings. The largest absolute Gasteiger partial charge is 0.496 e. The molecule has 18 heavy (non-hydrogen) atoms. The molecule has 0 fully saturated rings. The first-order valence-electron chi connectivity index (χ1n) is 5.92. The van der Waals surface area contributed by atoms with Gasteiger partial charge in [-0.25, -0.2) is 0 Å². The van der Waals surface area contributed by atoms with Crippen LogP contribution in [0.25, 0.3) is 0 Å². The van der Waals surface area contributed by atoms with Gasteiger partial charge in [-0.05, 0) is 36.1 Å². The van der Waals surface area contributed by atoms with Gasteiger partial charge in [0.15, 0.2) is 0 Å². The van der Waals surface area contributed by atoms with Gasteiger partial charge in [0.25, 0.3) is 0 Å². The molecular weight excluding hydrogens is 228 g/mol. The molecule has 0 bridgehead atoms. The molecule has 1 aromatic carbocycles.